The molecule has 0 bridgehead atoms. The van der Waals surface area contributed by atoms with Gasteiger partial charge in [-0.15, -0.1) is 0 Å². The molecule has 274 valence electrons. The first kappa shape index (κ1) is 29.5. The molecule has 12 aromatic rings. The van der Waals surface area contributed by atoms with E-state index < -0.39 is 0 Å². The molecule has 1 nitrogen and oxygen atoms in total. The van der Waals surface area contributed by atoms with Gasteiger partial charge in [0.25, 0.3) is 0 Å². The SMILES string of the molecule is [2H]c1c([2H])c(-c2c3ccccc3c(-c3cc(-c4ccccc4)cc(-c4ccccc4)c3)c3ccccc23)c([2H])c([2H])c1-c1cc2ccc3cccc4c3c2c(c1)n4-c1ccccc1. The van der Waals surface area contributed by atoms with Crippen molar-refractivity contribution in [3.05, 3.63) is 224 Å². The lowest BCUT2D eigenvalue weighted by Crippen LogP contribution is -1.93. The third-order valence-corrected chi connectivity index (χ3v) is 11.9. The molecule has 1 aromatic heterocycles. The Bertz CT molecular complexity index is 3620. The number of benzene rings is 11. The van der Waals surface area contributed by atoms with E-state index >= 15 is 0 Å². The molecule has 0 saturated heterocycles. The third kappa shape index (κ3) is 5.40. The summed E-state index contributed by atoms with van der Waals surface area (Å²) in [5.74, 6) is 0. The average Bonchev–Trinajstić information content (AvgIpc) is 3.68. The maximum Gasteiger partial charge on any atom is 0.0629 e. The lowest BCUT2D eigenvalue weighted by Gasteiger charge is -2.19. The Morgan fingerprint density at radius 2 is 0.746 bits per heavy atom. The number of rotatable bonds is 6. The second-order valence-corrected chi connectivity index (χ2v) is 15.3. The van der Waals surface area contributed by atoms with Crippen LogP contribution < -0.4 is 0 Å². The van der Waals surface area contributed by atoms with Crippen LogP contribution in [0.15, 0.2) is 224 Å². The van der Waals surface area contributed by atoms with Gasteiger partial charge in [-0.1, -0.05) is 176 Å². The Balaban J connectivity index is 1.11. The minimum atomic E-state index is -0.0688. The molecule has 1 heterocycles. The average molecular weight is 752 g/mol. The predicted octanol–water partition coefficient (Wildman–Crippen LogP) is 16.0. The van der Waals surface area contributed by atoms with E-state index in [0.29, 0.717) is 16.7 Å². The second-order valence-electron chi connectivity index (χ2n) is 15.3. The van der Waals surface area contributed by atoms with Crippen molar-refractivity contribution in [1.29, 1.82) is 0 Å². The Kier molecular flexibility index (Phi) is 6.72. The van der Waals surface area contributed by atoms with Gasteiger partial charge in [0.1, 0.15) is 0 Å². The Hall–Kier alpha value is -7.74. The molecule has 0 amide bonds. The van der Waals surface area contributed by atoms with Crippen LogP contribution in [0.2, 0.25) is 0 Å². The third-order valence-electron chi connectivity index (χ3n) is 11.9. The van der Waals surface area contributed by atoms with Gasteiger partial charge in [0, 0.05) is 16.5 Å². The lowest BCUT2D eigenvalue weighted by atomic mass is 9.84. The number of para-hydroxylation sites is 1. The largest absolute Gasteiger partial charge is 0.309 e. The van der Waals surface area contributed by atoms with Gasteiger partial charge in [-0.25, -0.2) is 0 Å². The molecule has 0 spiro atoms. The molecule has 1 heteroatoms. The summed E-state index contributed by atoms with van der Waals surface area (Å²) < 4.78 is 41.3. The first-order chi connectivity index (χ1) is 30.9. The molecule has 0 N–H and O–H groups in total. The summed E-state index contributed by atoms with van der Waals surface area (Å²) in [6.07, 6.45) is 0. The molecular weight excluding hydrogens is 711 g/mol. The summed E-state index contributed by atoms with van der Waals surface area (Å²) in [5.41, 5.74) is 11.5. The smallest absolute Gasteiger partial charge is 0.0629 e. The molecule has 0 unspecified atom stereocenters. The zero-order valence-corrected chi connectivity index (χ0v) is 32.0. The molecule has 0 radical (unpaired) electrons. The van der Waals surface area contributed by atoms with Crippen LogP contribution in [0.4, 0.5) is 0 Å². The van der Waals surface area contributed by atoms with Crippen molar-refractivity contribution in [3.8, 4) is 61.3 Å². The molecule has 0 fully saturated rings. The summed E-state index contributed by atoms with van der Waals surface area (Å²) in [4.78, 5) is 0. The fraction of sp³-hybridized carbons (Fsp3) is 0. The van der Waals surface area contributed by atoms with Crippen LogP contribution in [0.5, 0.6) is 0 Å². The van der Waals surface area contributed by atoms with E-state index in [-0.39, 0.29) is 29.7 Å². The van der Waals surface area contributed by atoms with Gasteiger partial charge in [-0.3, -0.25) is 0 Å². The number of hydrogen-bond donors (Lipinski definition) is 0. The summed E-state index contributed by atoms with van der Waals surface area (Å²) in [6, 6.07) is 68.8. The highest BCUT2D eigenvalue weighted by atomic mass is 15.0. The predicted molar refractivity (Wildman–Crippen MR) is 252 cm³/mol. The van der Waals surface area contributed by atoms with Crippen LogP contribution in [0, 0.1) is 0 Å². The topological polar surface area (TPSA) is 4.93 Å². The highest BCUT2D eigenvalue weighted by Gasteiger charge is 2.20. The van der Waals surface area contributed by atoms with Crippen molar-refractivity contribution >= 4 is 54.1 Å². The monoisotopic (exact) mass is 751 g/mol. The first-order valence-corrected chi connectivity index (χ1v) is 20.1. The fourth-order valence-electron chi connectivity index (χ4n) is 9.35. The molecule has 0 aliphatic heterocycles. The summed E-state index contributed by atoms with van der Waals surface area (Å²) in [5, 5.41) is 8.09. The molecule has 59 heavy (non-hydrogen) atoms. The molecule has 0 aliphatic carbocycles. The highest BCUT2D eigenvalue weighted by Crippen LogP contribution is 2.46. The van der Waals surface area contributed by atoms with Crippen molar-refractivity contribution < 1.29 is 5.48 Å². The molecule has 12 rings (SSSR count). The van der Waals surface area contributed by atoms with E-state index in [0.717, 1.165) is 87.8 Å². The van der Waals surface area contributed by atoms with Gasteiger partial charge in [-0.2, -0.15) is 0 Å². The zero-order valence-electron chi connectivity index (χ0n) is 36.0. The van der Waals surface area contributed by atoms with E-state index in [1.807, 2.05) is 66.7 Å². The minimum absolute atomic E-state index is 0.0679. The maximum absolute atomic E-state index is 9.80. The van der Waals surface area contributed by atoms with Crippen LogP contribution in [0.1, 0.15) is 5.48 Å². The molecule has 0 saturated carbocycles. The summed E-state index contributed by atoms with van der Waals surface area (Å²) in [7, 11) is 0. The quantitative estimate of drug-likeness (QED) is 0.118. The van der Waals surface area contributed by atoms with E-state index in [2.05, 4.69) is 138 Å². The van der Waals surface area contributed by atoms with Gasteiger partial charge in [0.2, 0.25) is 0 Å². The van der Waals surface area contributed by atoms with Crippen LogP contribution >= 0.6 is 0 Å². The molecule has 11 aromatic carbocycles. The fourth-order valence-corrected chi connectivity index (χ4v) is 9.35. The van der Waals surface area contributed by atoms with E-state index in [1.54, 1.807) is 0 Å². The van der Waals surface area contributed by atoms with E-state index in [4.69, 9.17) is 0 Å². The van der Waals surface area contributed by atoms with E-state index in [1.165, 1.54) is 5.39 Å². The van der Waals surface area contributed by atoms with Gasteiger partial charge >= 0.3 is 0 Å². The second kappa shape index (κ2) is 13.4. The van der Waals surface area contributed by atoms with Crippen LogP contribution in [0.3, 0.4) is 0 Å². The van der Waals surface area contributed by atoms with Crippen molar-refractivity contribution in [3.63, 3.8) is 0 Å². The summed E-state index contributed by atoms with van der Waals surface area (Å²) >= 11 is 0. The van der Waals surface area contributed by atoms with Gasteiger partial charge in [0.15, 0.2) is 0 Å². The summed E-state index contributed by atoms with van der Waals surface area (Å²) in [6.45, 7) is 0. The number of aromatic nitrogens is 1. The van der Waals surface area contributed by atoms with Crippen molar-refractivity contribution in [2.24, 2.45) is 0 Å². The lowest BCUT2D eigenvalue weighted by molar-refractivity contribution is 1.18. The van der Waals surface area contributed by atoms with Crippen LogP contribution in [-0.4, -0.2) is 4.57 Å². The number of fused-ring (bicyclic) bond motifs is 2. The number of hydrogen-bond acceptors (Lipinski definition) is 0. The van der Waals surface area contributed by atoms with Crippen LogP contribution in [-0.2, 0) is 0 Å². The van der Waals surface area contributed by atoms with Gasteiger partial charge < -0.3 is 4.57 Å². The van der Waals surface area contributed by atoms with Gasteiger partial charge in [0.05, 0.1) is 16.5 Å². The highest BCUT2D eigenvalue weighted by molar-refractivity contribution is 6.25. The molecule has 0 aliphatic rings. The van der Waals surface area contributed by atoms with Crippen molar-refractivity contribution in [2.75, 3.05) is 0 Å². The van der Waals surface area contributed by atoms with E-state index in [9.17, 15) is 5.48 Å². The molecule has 0 atom stereocenters. The first-order valence-electron chi connectivity index (χ1n) is 22.1. The minimum Gasteiger partial charge on any atom is -0.309 e. The maximum atomic E-state index is 9.80. The normalized spacial score (nSPS) is 12.7. The Labute approximate surface area is 348 Å². The molecular formula is C58H37N. The Morgan fingerprint density at radius 1 is 0.288 bits per heavy atom. The number of nitrogens with zero attached hydrogens (tertiary/aromatic N) is 1. The van der Waals surface area contributed by atoms with Crippen LogP contribution in [0.25, 0.3) is 115 Å². The Morgan fingerprint density at radius 3 is 1.34 bits per heavy atom. The standard InChI is InChI=1S/C58H37N/c1-4-15-38(16-5-1)44-34-45(39-17-6-2-7-18-39)36-47(35-44)56-51-24-12-10-22-49(51)55(50-23-11-13-25-52(50)56)42-29-27-40(28-30-42)46-33-43-32-31-41-19-14-26-53-57(41)58(43)54(37-46)59(53)48-20-8-3-9-21-48/h1-37H/i27D,28D,29D,30D. The zero-order chi connectivity index (χ0) is 42.3. The van der Waals surface area contributed by atoms with Crippen molar-refractivity contribution in [2.45, 2.75) is 0 Å². The van der Waals surface area contributed by atoms with Gasteiger partial charge in [-0.05, 0) is 136 Å². The van der Waals surface area contributed by atoms with Crippen molar-refractivity contribution in [1.82, 2.24) is 4.57 Å².